The van der Waals surface area contributed by atoms with Crippen molar-refractivity contribution in [3.63, 3.8) is 0 Å². The third-order valence-electron chi connectivity index (χ3n) is 6.37. The Morgan fingerprint density at radius 1 is 0.684 bits per heavy atom. The molecule has 0 amide bonds. The van der Waals surface area contributed by atoms with Crippen LogP contribution < -0.4 is 4.74 Å². The van der Waals surface area contributed by atoms with Crippen molar-refractivity contribution in [3.05, 3.63) is 112 Å². The van der Waals surface area contributed by atoms with Crippen LogP contribution in [0.25, 0.3) is 10.8 Å². The summed E-state index contributed by atoms with van der Waals surface area (Å²) in [6.45, 7) is 2.25. The summed E-state index contributed by atoms with van der Waals surface area (Å²) in [6, 6.07) is 13.4. The molecule has 0 fully saturated rings. The largest absolute Gasteiger partial charge is 0.493 e. The first-order valence-electron chi connectivity index (χ1n) is 12.2. The Bertz CT molecular complexity index is 1420. The maximum atomic E-state index is 15.2. The highest BCUT2D eigenvalue weighted by Gasteiger charge is 2.33. The monoisotopic (exact) mass is 534 g/mol. The van der Waals surface area contributed by atoms with Gasteiger partial charge in [-0.2, -0.15) is 13.2 Å². The SMILES string of the molecule is CCCOc1cc(F)c(CCc2ccc3c(F)c(CCc4ccc(C(F)(F)F)c(F)c4)ccc3c2)c(F)c1. The van der Waals surface area contributed by atoms with E-state index in [1.54, 1.807) is 30.3 Å². The number of hydrogen-bond acceptors (Lipinski definition) is 1. The molecule has 0 spiro atoms. The summed E-state index contributed by atoms with van der Waals surface area (Å²) in [5, 5.41) is 0.952. The van der Waals surface area contributed by atoms with Gasteiger partial charge < -0.3 is 4.74 Å². The first-order valence-corrected chi connectivity index (χ1v) is 12.2. The van der Waals surface area contributed by atoms with Gasteiger partial charge in [0.15, 0.2) is 0 Å². The van der Waals surface area contributed by atoms with Gasteiger partial charge in [-0.25, -0.2) is 17.6 Å². The number of alkyl halides is 3. The van der Waals surface area contributed by atoms with Crippen LogP contribution in [0, 0.1) is 23.3 Å². The van der Waals surface area contributed by atoms with Crippen molar-refractivity contribution in [3.8, 4) is 5.75 Å². The van der Waals surface area contributed by atoms with E-state index in [1.165, 1.54) is 18.2 Å². The molecule has 200 valence electrons. The summed E-state index contributed by atoms with van der Waals surface area (Å²) in [4.78, 5) is 0. The molecule has 4 aromatic carbocycles. The Kier molecular flexibility index (Phi) is 8.29. The van der Waals surface area contributed by atoms with Gasteiger partial charge in [-0.05, 0) is 66.3 Å². The van der Waals surface area contributed by atoms with Crippen LogP contribution in [-0.2, 0) is 31.9 Å². The fourth-order valence-electron chi connectivity index (χ4n) is 4.35. The lowest BCUT2D eigenvalue weighted by atomic mass is 9.97. The van der Waals surface area contributed by atoms with E-state index in [0.717, 1.165) is 11.6 Å². The third-order valence-corrected chi connectivity index (χ3v) is 6.37. The van der Waals surface area contributed by atoms with Gasteiger partial charge in [0.25, 0.3) is 0 Å². The molecule has 0 atom stereocenters. The van der Waals surface area contributed by atoms with Crippen molar-refractivity contribution in [2.24, 2.45) is 0 Å². The minimum atomic E-state index is -4.78. The molecule has 0 aromatic heterocycles. The lowest BCUT2D eigenvalue weighted by Gasteiger charge is -2.11. The van der Waals surface area contributed by atoms with Crippen molar-refractivity contribution in [1.29, 1.82) is 0 Å². The van der Waals surface area contributed by atoms with Gasteiger partial charge in [-0.3, -0.25) is 0 Å². The molecule has 0 saturated carbocycles. The van der Waals surface area contributed by atoms with Crippen LogP contribution in [0.4, 0.5) is 30.7 Å². The van der Waals surface area contributed by atoms with E-state index < -0.39 is 35.0 Å². The maximum absolute atomic E-state index is 15.2. The zero-order valence-corrected chi connectivity index (χ0v) is 20.6. The summed E-state index contributed by atoms with van der Waals surface area (Å²) in [5.74, 6) is -3.05. The predicted octanol–water partition coefficient (Wildman–Crippen LogP) is 8.77. The highest BCUT2D eigenvalue weighted by atomic mass is 19.4. The predicted molar refractivity (Wildman–Crippen MR) is 132 cm³/mol. The molecule has 0 aliphatic heterocycles. The molecule has 1 nitrogen and oxygen atoms in total. The number of halogens is 7. The number of fused-ring (bicyclic) bond motifs is 1. The summed E-state index contributed by atoms with van der Waals surface area (Å²) >= 11 is 0. The Balaban J connectivity index is 1.45. The van der Waals surface area contributed by atoms with Gasteiger partial charge in [0.1, 0.15) is 29.0 Å². The minimum Gasteiger partial charge on any atom is -0.493 e. The third kappa shape index (κ3) is 6.29. The second-order valence-electron chi connectivity index (χ2n) is 9.12. The maximum Gasteiger partial charge on any atom is 0.419 e. The van der Waals surface area contributed by atoms with Gasteiger partial charge in [0.05, 0.1) is 12.2 Å². The van der Waals surface area contributed by atoms with E-state index in [9.17, 15) is 26.3 Å². The summed E-state index contributed by atoms with van der Waals surface area (Å²) in [6.07, 6.45) is -3.28. The zero-order chi connectivity index (χ0) is 27.4. The smallest absolute Gasteiger partial charge is 0.419 e. The van der Waals surface area contributed by atoms with E-state index >= 15 is 4.39 Å². The van der Waals surface area contributed by atoms with E-state index in [-0.39, 0.29) is 30.6 Å². The molecule has 0 aliphatic rings. The highest BCUT2D eigenvalue weighted by molar-refractivity contribution is 5.84. The summed E-state index contributed by atoms with van der Waals surface area (Å²) in [5.41, 5.74) is 0.0671. The van der Waals surface area contributed by atoms with Crippen molar-refractivity contribution >= 4 is 10.8 Å². The van der Waals surface area contributed by atoms with Crippen LogP contribution in [0.2, 0.25) is 0 Å². The lowest BCUT2D eigenvalue weighted by Crippen LogP contribution is -2.08. The van der Waals surface area contributed by atoms with Crippen molar-refractivity contribution in [2.75, 3.05) is 6.61 Å². The molecule has 0 N–H and O–H groups in total. The standard InChI is InChI=1S/C30H25F7O/c1-2-13-38-22-16-26(31)24(27(32)17-22)11-5-18-4-10-23-21(14-18)9-8-20(29(23)34)7-3-19-6-12-25(28(33)15-19)30(35,36)37/h4,6,8-10,12,14-17H,2-3,5,7,11,13H2,1H3. The van der Waals surface area contributed by atoms with Crippen molar-refractivity contribution < 1.29 is 35.5 Å². The van der Waals surface area contributed by atoms with Crippen LogP contribution in [0.5, 0.6) is 5.75 Å². The van der Waals surface area contributed by atoms with Gasteiger partial charge in [-0.15, -0.1) is 0 Å². The molecule has 0 radical (unpaired) electrons. The summed E-state index contributed by atoms with van der Waals surface area (Å²) < 4.78 is 101. The fourth-order valence-corrected chi connectivity index (χ4v) is 4.35. The highest BCUT2D eigenvalue weighted by Crippen LogP contribution is 2.32. The first kappa shape index (κ1) is 27.5. The Hall–Kier alpha value is -3.55. The van der Waals surface area contributed by atoms with E-state index in [2.05, 4.69) is 0 Å². The molecule has 0 unspecified atom stereocenters. The minimum absolute atomic E-state index is 0.0461. The fraction of sp³-hybridized carbons (Fsp3) is 0.267. The van der Waals surface area contributed by atoms with E-state index in [4.69, 9.17) is 4.74 Å². The average Bonchev–Trinajstić information content (AvgIpc) is 2.86. The summed E-state index contributed by atoms with van der Waals surface area (Å²) in [7, 11) is 0. The molecule has 0 bridgehead atoms. The molecular formula is C30H25F7O. The molecule has 0 heterocycles. The van der Waals surface area contributed by atoms with Crippen LogP contribution in [0.15, 0.2) is 60.7 Å². The zero-order valence-electron chi connectivity index (χ0n) is 20.6. The molecule has 4 aromatic rings. The Morgan fingerprint density at radius 2 is 1.34 bits per heavy atom. The first-order chi connectivity index (χ1) is 18.1. The number of ether oxygens (including phenoxy) is 1. The second-order valence-corrected chi connectivity index (χ2v) is 9.12. The number of hydrogen-bond donors (Lipinski definition) is 0. The number of rotatable bonds is 9. The number of aryl methyl sites for hydroxylation is 3. The van der Waals surface area contributed by atoms with E-state index in [1.807, 2.05) is 6.92 Å². The van der Waals surface area contributed by atoms with Crippen LogP contribution >= 0.6 is 0 Å². The van der Waals surface area contributed by atoms with Gasteiger partial charge in [0.2, 0.25) is 0 Å². The number of benzene rings is 4. The van der Waals surface area contributed by atoms with Crippen LogP contribution in [0.3, 0.4) is 0 Å². The molecule has 38 heavy (non-hydrogen) atoms. The van der Waals surface area contributed by atoms with Crippen LogP contribution in [0.1, 0.15) is 41.2 Å². The molecule has 8 heteroatoms. The average molecular weight is 535 g/mol. The van der Waals surface area contributed by atoms with Gasteiger partial charge >= 0.3 is 6.18 Å². The van der Waals surface area contributed by atoms with Gasteiger partial charge in [-0.1, -0.05) is 43.3 Å². The van der Waals surface area contributed by atoms with E-state index in [0.29, 0.717) is 47.4 Å². The van der Waals surface area contributed by atoms with Crippen molar-refractivity contribution in [2.45, 2.75) is 45.2 Å². The lowest BCUT2D eigenvalue weighted by molar-refractivity contribution is -0.140. The topological polar surface area (TPSA) is 9.23 Å². The molecular weight excluding hydrogens is 509 g/mol. The Morgan fingerprint density at radius 3 is 2.00 bits per heavy atom. The molecule has 0 aliphatic carbocycles. The van der Waals surface area contributed by atoms with Gasteiger partial charge in [0, 0.05) is 23.1 Å². The van der Waals surface area contributed by atoms with Crippen LogP contribution in [-0.4, -0.2) is 6.61 Å². The molecule has 0 saturated heterocycles. The quantitative estimate of drug-likeness (QED) is 0.195. The van der Waals surface area contributed by atoms with Crippen molar-refractivity contribution in [1.82, 2.24) is 0 Å². The molecule has 4 rings (SSSR count). The Labute approximate surface area is 215 Å². The normalized spacial score (nSPS) is 11.8. The second kappa shape index (κ2) is 11.5.